The van der Waals surface area contributed by atoms with Gasteiger partial charge in [-0.1, -0.05) is 0 Å². The third-order valence-corrected chi connectivity index (χ3v) is 4.98. The van der Waals surface area contributed by atoms with E-state index in [0.717, 1.165) is 0 Å². The van der Waals surface area contributed by atoms with Crippen LogP contribution in [0.1, 0.15) is 20.8 Å². The zero-order chi connectivity index (χ0) is 14.8. The second-order valence-corrected chi connectivity index (χ2v) is 6.87. The summed E-state index contributed by atoms with van der Waals surface area (Å²) in [6.45, 7) is 7.03. The fourth-order valence-electron chi connectivity index (χ4n) is 2.36. The van der Waals surface area contributed by atoms with Crippen LogP contribution in [0.15, 0.2) is 23.2 Å². The first kappa shape index (κ1) is 15.2. The van der Waals surface area contributed by atoms with E-state index in [2.05, 4.69) is 10.3 Å². The van der Waals surface area contributed by atoms with Crippen LogP contribution < -0.4 is 5.32 Å². The monoisotopic (exact) mass is 299 g/mol. The molecular formula is C13H21N3O3S. The first-order chi connectivity index (χ1) is 9.45. The van der Waals surface area contributed by atoms with Crippen molar-refractivity contribution >= 4 is 15.8 Å². The molecule has 6 nitrogen and oxygen atoms in total. The van der Waals surface area contributed by atoms with Crippen molar-refractivity contribution in [2.24, 2.45) is 0 Å². The third-order valence-electron chi connectivity index (χ3n) is 3.12. The predicted molar refractivity (Wildman–Crippen MR) is 77.2 cm³/mol. The molecule has 0 spiro atoms. The summed E-state index contributed by atoms with van der Waals surface area (Å²) in [4.78, 5) is 4.34. The normalized spacial score (nSPS) is 24.6. The summed E-state index contributed by atoms with van der Waals surface area (Å²) in [5, 5.41) is 3.00. The highest BCUT2D eigenvalue weighted by Crippen LogP contribution is 2.25. The van der Waals surface area contributed by atoms with Crippen molar-refractivity contribution in [1.82, 2.24) is 9.29 Å². The number of sulfonamides is 1. The molecule has 0 aliphatic carbocycles. The van der Waals surface area contributed by atoms with Crippen molar-refractivity contribution in [2.75, 3.05) is 25.0 Å². The molecule has 0 saturated carbocycles. The van der Waals surface area contributed by atoms with E-state index in [1.165, 1.54) is 4.31 Å². The van der Waals surface area contributed by atoms with Crippen molar-refractivity contribution < 1.29 is 13.2 Å². The van der Waals surface area contributed by atoms with Gasteiger partial charge in [0.2, 0.25) is 10.0 Å². The van der Waals surface area contributed by atoms with Crippen LogP contribution in [-0.4, -0.2) is 49.5 Å². The largest absolute Gasteiger partial charge is 0.373 e. The van der Waals surface area contributed by atoms with E-state index in [-0.39, 0.29) is 17.1 Å². The van der Waals surface area contributed by atoms with Gasteiger partial charge in [0.1, 0.15) is 10.7 Å². The number of aromatic nitrogens is 1. The Labute approximate surface area is 120 Å². The number of ether oxygens (including phenoxy) is 1. The molecule has 1 aromatic rings. The topological polar surface area (TPSA) is 71.5 Å². The van der Waals surface area contributed by atoms with Gasteiger partial charge in [-0.2, -0.15) is 4.31 Å². The average molecular weight is 299 g/mol. The van der Waals surface area contributed by atoms with Crippen molar-refractivity contribution in [1.29, 1.82) is 0 Å². The molecule has 0 bridgehead atoms. The van der Waals surface area contributed by atoms with Gasteiger partial charge in [0.15, 0.2) is 0 Å². The molecule has 20 heavy (non-hydrogen) atoms. The number of hydrogen-bond donors (Lipinski definition) is 1. The van der Waals surface area contributed by atoms with Crippen LogP contribution in [0.5, 0.6) is 0 Å². The van der Waals surface area contributed by atoms with E-state index in [1.807, 2.05) is 20.8 Å². The standard InChI is InChI=1S/C13H21N3O3S/c1-4-14-13-12(6-5-7-15-13)20(17,18)16-8-10(2)19-11(3)9-16/h5-7,10-11H,4,8-9H2,1-3H3,(H,14,15)/t10-,11+. The van der Waals surface area contributed by atoms with Gasteiger partial charge in [-0.15, -0.1) is 0 Å². The van der Waals surface area contributed by atoms with Gasteiger partial charge in [-0.05, 0) is 32.9 Å². The van der Waals surface area contributed by atoms with Crippen LogP contribution in [0.25, 0.3) is 0 Å². The second kappa shape index (κ2) is 6.07. The maximum atomic E-state index is 12.8. The van der Waals surface area contributed by atoms with Crippen molar-refractivity contribution in [2.45, 2.75) is 37.9 Å². The molecule has 1 aromatic heterocycles. The Hall–Kier alpha value is -1.18. The molecule has 1 aliphatic heterocycles. The molecule has 1 aliphatic rings. The Kier molecular flexibility index (Phi) is 4.62. The molecular weight excluding hydrogens is 278 g/mol. The summed E-state index contributed by atoms with van der Waals surface area (Å²) in [5.41, 5.74) is 0. The number of rotatable bonds is 4. The summed E-state index contributed by atoms with van der Waals surface area (Å²) in [6, 6.07) is 3.23. The zero-order valence-corrected chi connectivity index (χ0v) is 12.9. The van der Waals surface area contributed by atoms with Gasteiger partial charge in [0, 0.05) is 25.8 Å². The number of nitrogens with one attached hydrogen (secondary N) is 1. The van der Waals surface area contributed by atoms with Gasteiger partial charge in [0.05, 0.1) is 12.2 Å². The van der Waals surface area contributed by atoms with Gasteiger partial charge < -0.3 is 10.1 Å². The average Bonchev–Trinajstić information content (AvgIpc) is 2.38. The molecule has 0 unspecified atom stereocenters. The van der Waals surface area contributed by atoms with Crippen LogP contribution in [0, 0.1) is 0 Å². The van der Waals surface area contributed by atoms with Gasteiger partial charge in [0.25, 0.3) is 0 Å². The molecule has 0 amide bonds. The fraction of sp³-hybridized carbons (Fsp3) is 0.615. The minimum Gasteiger partial charge on any atom is -0.373 e. The Balaban J connectivity index is 2.35. The van der Waals surface area contributed by atoms with Crippen LogP contribution in [0.2, 0.25) is 0 Å². The van der Waals surface area contributed by atoms with E-state index < -0.39 is 10.0 Å². The highest BCUT2D eigenvalue weighted by molar-refractivity contribution is 7.89. The summed E-state index contributed by atoms with van der Waals surface area (Å²) < 4.78 is 32.6. The minimum absolute atomic E-state index is 0.104. The summed E-state index contributed by atoms with van der Waals surface area (Å²) in [5.74, 6) is 0.404. The second-order valence-electron chi connectivity index (χ2n) is 4.96. The molecule has 1 fully saturated rings. The zero-order valence-electron chi connectivity index (χ0n) is 12.0. The molecule has 112 valence electrons. The van der Waals surface area contributed by atoms with E-state index in [9.17, 15) is 8.42 Å². The lowest BCUT2D eigenvalue weighted by atomic mass is 10.3. The van der Waals surface area contributed by atoms with Crippen molar-refractivity contribution in [3.63, 3.8) is 0 Å². The molecule has 7 heteroatoms. The number of nitrogens with zero attached hydrogens (tertiary/aromatic N) is 2. The van der Waals surface area contributed by atoms with Crippen LogP contribution >= 0.6 is 0 Å². The van der Waals surface area contributed by atoms with Gasteiger partial charge in [-0.3, -0.25) is 0 Å². The molecule has 1 saturated heterocycles. The Bertz CT molecular complexity index is 552. The molecule has 2 atom stereocenters. The van der Waals surface area contributed by atoms with Crippen LogP contribution in [-0.2, 0) is 14.8 Å². The molecule has 0 radical (unpaired) electrons. The lowest BCUT2D eigenvalue weighted by molar-refractivity contribution is -0.0440. The minimum atomic E-state index is -3.55. The van der Waals surface area contributed by atoms with E-state index in [0.29, 0.717) is 25.5 Å². The van der Waals surface area contributed by atoms with Crippen molar-refractivity contribution in [3.8, 4) is 0 Å². The highest BCUT2D eigenvalue weighted by atomic mass is 32.2. The lowest BCUT2D eigenvalue weighted by Gasteiger charge is -2.34. The lowest BCUT2D eigenvalue weighted by Crippen LogP contribution is -2.48. The number of morpholine rings is 1. The predicted octanol–water partition coefficient (Wildman–Crippen LogP) is 1.31. The van der Waals surface area contributed by atoms with Crippen LogP contribution in [0.4, 0.5) is 5.82 Å². The summed E-state index contributed by atoms with van der Waals surface area (Å²) >= 11 is 0. The fourth-order valence-corrected chi connectivity index (χ4v) is 4.08. The summed E-state index contributed by atoms with van der Waals surface area (Å²) in [7, 11) is -3.55. The Morgan fingerprint density at radius 2 is 2.05 bits per heavy atom. The quantitative estimate of drug-likeness (QED) is 0.907. The Morgan fingerprint density at radius 3 is 2.65 bits per heavy atom. The first-order valence-corrected chi connectivity index (χ1v) is 8.23. The number of pyridine rings is 1. The number of anilines is 1. The van der Waals surface area contributed by atoms with E-state index in [1.54, 1.807) is 18.3 Å². The Morgan fingerprint density at radius 1 is 1.40 bits per heavy atom. The van der Waals surface area contributed by atoms with E-state index in [4.69, 9.17) is 4.74 Å². The number of hydrogen-bond acceptors (Lipinski definition) is 5. The third kappa shape index (κ3) is 3.11. The van der Waals surface area contributed by atoms with Crippen LogP contribution in [0.3, 0.4) is 0 Å². The van der Waals surface area contributed by atoms with Gasteiger partial charge >= 0.3 is 0 Å². The highest BCUT2D eigenvalue weighted by Gasteiger charge is 2.33. The maximum Gasteiger partial charge on any atom is 0.246 e. The van der Waals surface area contributed by atoms with E-state index >= 15 is 0 Å². The SMILES string of the molecule is CCNc1ncccc1S(=O)(=O)N1C[C@@H](C)O[C@@H](C)C1. The maximum absolute atomic E-state index is 12.8. The first-order valence-electron chi connectivity index (χ1n) is 6.79. The van der Waals surface area contributed by atoms with Gasteiger partial charge in [-0.25, -0.2) is 13.4 Å². The molecule has 0 aromatic carbocycles. The van der Waals surface area contributed by atoms with Crippen molar-refractivity contribution in [3.05, 3.63) is 18.3 Å². The molecule has 1 N–H and O–H groups in total. The smallest absolute Gasteiger partial charge is 0.246 e. The molecule has 2 heterocycles. The molecule has 2 rings (SSSR count). The summed E-state index contributed by atoms with van der Waals surface area (Å²) in [6.07, 6.45) is 1.38.